The van der Waals surface area contributed by atoms with Crippen LogP contribution in [0.3, 0.4) is 0 Å². The average Bonchev–Trinajstić information content (AvgIpc) is 2.48. The van der Waals surface area contributed by atoms with Gasteiger partial charge in [0.1, 0.15) is 6.33 Å². The molecule has 0 aliphatic rings. The van der Waals surface area contributed by atoms with E-state index in [0.717, 1.165) is 27.9 Å². The van der Waals surface area contributed by atoms with Crippen molar-refractivity contribution in [3.8, 4) is 5.88 Å². The number of rotatable bonds is 4. The predicted molar refractivity (Wildman–Crippen MR) is 80.2 cm³/mol. The Morgan fingerprint density at radius 3 is 2.80 bits per heavy atom. The molecule has 0 amide bonds. The van der Waals surface area contributed by atoms with Gasteiger partial charge in [-0.05, 0) is 29.8 Å². The van der Waals surface area contributed by atoms with E-state index in [1.165, 1.54) is 6.33 Å². The highest BCUT2D eigenvalue weighted by atomic mass is 35.5. The lowest BCUT2D eigenvalue weighted by molar-refractivity contribution is 0.313. The zero-order chi connectivity index (χ0) is 13.8. The maximum absolute atomic E-state index is 5.96. The number of para-hydroxylation sites is 1. The molecular formula is C16H13ClN2O. The summed E-state index contributed by atoms with van der Waals surface area (Å²) in [5.41, 5.74) is 2.04. The van der Waals surface area contributed by atoms with Crippen LogP contribution in [0.15, 0.2) is 54.9 Å². The lowest BCUT2D eigenvalue weighted by Gasteiger charge is -2.07. The fourth-order valence-corrected chi connectivity index (χ4v) is 2.27. The van der Waals surface area contributed by atoms with Crippen LogP contribution in [0.25, 0.3) is 10.9 Å². The first-order chi connectivity index (χ1) is 9.83. The third kappa shape index (κ3) is 2.89. The molecule has 0 saturated heterocycles. The minimum atomic E-state index is 0.557. The molecular weight excluding hydrogens is 272 g/mol. The van der Waals surface area contributed by atoms with Gasteiger partial charge in [0, 0.05) is 11.4 Å². The largest absolute Gasteiger partial charge is 0.477 e. The van der Waals surface area contributed by atoms with Crippen molar-refractivity contribution in [2.75, 3.05) is 6.61 Å². The van der Waals surface area contributed by atoms with Gasteiger partial charge in [0.05, 0.1) is 17.5 Å². The molecule has 0 aliphatic heterocycles. The van der Waals surface area contributed by atoms with Crippen molar-refractivity contribution in [3.63, 3.8) is 0 Å². The predicted octanol–water partition coefficient (Wildman–Crippen LogP) is 3.90. The van der Waals surface area contributed by atoms with Crippen molar-refractivity contribution in [3.05, 3.63) is 65.4 Å². The van der Waals surface area contributed by atoms with Gasteiger partial charge in [0.2, 0.25) is 5.88 Å². The highest BCUT2D eigenvalue weighted by Crippen LogP contribution is 2.20. The summed E-state index contributed by atoms with van der Waals surface area (Å²) in [5.74, 6) is 0.623. The van der Waals surface area contributed by atoms with Crippen LogP contribution in [-0.4, -0.2) is 16.6 Å². The lowest BCUT2D eigenvalue weighted by Crippen LogP contribution is -2.03. The Hall–Kier alpha value is -2.13. The van der Waals surface area contributed by atoms with Crippen molar-refractivity contribution >= 4 is 22.5 Å². The molecule has 3 nitrogen and oxygen atoms in total. The highest BCUT2D eigenvalue weighted by Gasteiger charge is 2.04. The highest BCUT2D eigenvalue weighted by molar-refractivity contribution is 6.30. The summed E-state index contributed by atoms with van der Waals surface area (Å²) in [6, 6.07) is 15.6. The van der Waals surface area contributed by atoms with Gasteiger partial charge in [-0.2, -0.15) is 0 Å². The Morgan fingerprint density at radius 1 is 1.00 bits per heavy atom. The van der Waals surface area contributed by atoms with Crippen molar-refractivity contribution in [1.29, 1.82) is 0 Å². The number of hydrogen-bond acceptors (Lipinski definition) is 3. The maximum Gasteiger partial charge on any atom is 0.224 e. The molecule has 0 aliphatic carbocycles. The second kappa shape index (κ2) is 5.88. The Bertz CT molecular complexity index is 725. The van der Waals surface area contributed by atoms with E-state index in [0.29, 0.717) is 12.5 Å². The molecule has 3 aromatic rings. The van der Waals surface area contributed by atoms with E-state index in [1.54, 1.807) is 0 Å². The molecule has 0 bridgehead atoms. The molecule has 0 saturated carbocycles. The third-order valence-electron chi connectivity index (χ3n) is 3.02. The normalized spacial score (nSPS) is 10.7. The van der Waals surface area contributed by atoms with Gasteiger partial charge in [0.25, 0.3) is 0 Å². The van der Waals surface area contributed by atoms with Crippen LogP contribution in [0.1, 0.15) is 5.56 Å². The summed E-state index contributed by atoms with van der Waals surface area (Å²) in [4.78, 5) is 8.41. The van der Waals surface area contributed by atoms with Crippen LogP contribution in [0.5, 0.6) is 5.88 Å². The molecule has 1 aromatic heterocycles. The number of halogens is 1. The van der Waals surface area contributed by atoms with Gasteiger partial charge in [-0.25, -0.2) is 9.97 Å². The number of fused-ring (bicyclic) bond motifs is 1. The molecule has 0 N–H and O–H groups in total. The van der Waals surface area contributed by atoms with E-state index in [1.807, 2.05) is 48.5 Å². The molecule has 3 rings (SSSR count). The summed E-state index contributed by atoms with van der Waals surface area (Å²) in [7, 11) is 0. The summed E-state index contributed by atoms with van der Waals surface area (Å²) < 4.78 is 5.77. The van der Waals surface area contributed by atoms with Gasteiger partial charge < -0.3 is 4.74 Å². The van der Waals surface area contributed by atoms with Gasteiger partial charge in [-0.15, -0.1) is 0 Å². The third-order valence-corrected chi connectivity index (χ3v) is 3.26. The Labute approximate surface area is 122 Å². The second-order valence-electron chi connectivity index (χ2n) is 4.42. The van der Waals surface area contributed by atoms with Crippen LogP contribution in [0.2, 0.25) is 5.02 Å². The molecule has 1 heterocycles. The van der Waals surface area contributed by atoms with E-state index in [-0.39, 0.29) is 0 Å². The van der Waals surface area contributed by atoms with Gasteiger partial charge in [-0.1, -0.05) is 35.9 Å². The molecule has 2 aromatic carbocycles. The van der Waals surface area contributed by atoms with Gasteiger partial charge in [-0.3, -0.25) is 0 Å². The number of nitrogens with zero attached hydrogens (tertiary/aromatic N) is 2. The van der Waals surface area contributed by atoms with Crippen molar-refractivity contribution in [2.24, 2.45) is 0 Å². The Morgan fingerprint density at radius 2 is 1.90 bits per heavy atom. The average molecular weight is 285 g/mol. The molecule has 0 fully saturated rings. The molecule has 0 spiro atoms. The molecule has 20 heavy (non-hydrogen) atoms. The van der Waals surface area contributed by atoms with E-state index in [2.05, 4.69) is 9.97 Å². The van der Waals surface area contributed by atoms with Gasteiger partial charge in [0.15, 0.2) is 0 Å². The minimum Gasteiger partial charge on any atom is -0.477 e. The second-order valence-corrected chi connectivity index (χ2v) is 4.86. The van der Waals surface area contributed by atoms with Crippen LogP contribution in [0, 0.1) is 0 Å². The molecule has 0 radical (unpaired) electrons. The monoisotopic (exact) mass is 284 g/mol. The summed E-state index contributed by atoms with van der Waals surface area (Å²) in [5, 5.41) is 1.68. The number of benzene rings is 2. The Kier molecular flexibility index (Phi) is 3.79. The fraction of sp³-hybridized carbons (Fsp3) is 0.125. The first-order valence-corrected chi connectivity index (χ1v) is 6.78. The van der Waals surface area contributed by atoms with E-state index in [4.69, 9.17) is 16.3 Å². The van der Waals surface area contributed by atoms with Crippen molar-refractivity contribution in [1.82, 2.24) is 9.97 Å². The molecule has 0 atom stereocenters. The van der Waals surface area contributed by atoms with Crippen molar-refractivity contribution < 1.29 is 4.74 Å². The van der Waals surface area contributed by atoms with E-state index in [9.17, 15) is 0 Å². The van der Waals surface area contributed by atoms with Crippen LogP contribution in [-0.2, 0) is 6.42 Å². The molecule has 4 heteroatoms. The smallest absolute Gasteiger partial charge is 0.224 e. The van der Waals surface area contributed by atoms with Crippen LogP contribution in [0.4, 0.5) is 0 Å². The first kappa shape index (κ1) is 12.9. The van der Waals surface area contributed by atoms with Crippen LogP contribution < -0.4 is 4.74 Å². The Balaban J connectivity index is 1.71. The number of ether oxygens (including phenoxy) is 1. The van der Waals surface area contributed by atoms with Crippen molar-refractivity contribution in [2.45, 2.75) is 6.42 Å². The SMILES string of the molecule is Clc1cccc(CCOc2ncnc3ccccc23)c1. The topological polar surface area (TPSA) is 35.0 Å². The first-order valence-electron chi connectivity index (χ1n) is 6.40. The number of aromatic nitrogens is 2. The summed E-state index contributed by atoms with van der Waals surface area (Å²) >= 11 is 5.96. The van der Waals surface area contributed by atoms with E-state index >= 15 is 0 Å². The zero-order valence-corrected chi connectivity index (χ0v) is 11.5. The quantitative estimate of drug-likeness (QED) is 0.729. The number of hydrogen-bond donors (Lipinski definition) is 0. The minimum absolute atomic E-state index is 0.557. The summed E-state index contributed by atoms with van der Waals surface area (Å²) in [6.07, 6.45) is 2.32. The van der Waals surface area contributed by atoms with Gasteiger partial charge >= 0.3 is 0 Å². The standard InChI is InChI=1S/C16H13ClN2O/c17-13-5-3-4-12(10-13)8-9-20-16-14-6-1-2-7-15(14)18-11-19-16/h1-7,10-11H,8-9H2. The summed E-state index contributed by atoms with van der Waals surface area (Å²) in [6.45, 7) is 0.557. The molecule has 0 unspecified atom stereocenters. The lowest BCUT2D eigenvalue weighted by atomic mass is 10.2. The molecule has 100 valence electrons. The van der Waals surface area contributed by atoms with Crippen LogP contribution >= 0.6 is 11.6 Å². The zero-order valence-electron chi connectivity index (χ0n) is 10.8. The van der Waals surface area contributed by atoms with E-state index < -0.39 is 0 Å². The maximum atomic E-state index is 5.96. The fourth-order valence-electron chi connectivity index (χ4n) is 2.05.